The quantitative estimate of drug-likeness (QED) is 0.216. The summed E-state index contributed by atoms with van der Waals surface area (Å²) in [6, 6.07) is 21.4. The Morgan fingerprint density at radius 2 is 1.54 bits per heavy atom. The number of carbonyl (C=O) groups is 1. The fraction of sp³-hybridized carbons (Fsp3) is 0.219. The topological polar surface area (TPSA) is 47.8 Å². The predicted octanol–water partition coefficient (Wildman–Crippen LogP) is 8.39. The van der Waals surface area contributed by atoms with E-state index in [1.165, 1.54) is 4.68 Å². The Morgan fingerprint density at radius 1 is 0.872 bits per heavy atom. The van der Waals surface area contributed by atoms with Crippen LogP contribution in [0.25, 0.3) is 27.8 Å². The molecule has 5 rings (SSSR count). The number of hydrogen-bond donors (Lipinski definition) is 0. The van der Waals surface area contributed by atoms with Crippen molar-refractivity contribution < 1.29 is 18.0 Å². The first-order valence-corrected chi connectivity index (χ1v) is 12.7. The highest BCUT2D eigenvalue weighted by molar-refractivity contribution is 6.18. The Kier molecular flexibility index (Phi) is 6.62. The maximum atomic E-state index is 14.8. The van der Waals surface area contributed by atoms with Crippen molar-refractivity contribution >= 4 is 16.8 Å². The number of alkyl halides is 3. The zero-order chi connectivity index (χ0) is 28.1. The van der Waals surface area contributed by atoms with Crippen molar-refractivity contribution in [1.29, 1.82) is 0 Å². The number of nitrogens with zero attached hydrogens (tertiary/aromatic N) is 3. The number of fused-ring (bicyclic) bond motifs is 1. The molecule has 0 bridgehead atoms. The maximum absolute atomic E-state index is 14.8. The average Bonchev–Trinajstić information content (AvgIpc) is 3.22. The summed E-state index contributed by atoms with van der Waals surface area (Å²) in [5.74, 6) is -0.587. The minimum atomic E-state index is -4.89. The molecule has 3 aromatic carbocycles. The summed E-state index contributed by atoms with van der Waals surface area (Å²) >= 11 is 0. The molecule has 0 aliphatic rings. The molecule has 198 valence electrons. The van der Waals surface area contributed by atoms with E-state index in [4.69, 9.17) is 0 Å². The van der Waals surface area contributed by atoms with Crippen molar-refractivity contribution in [2.45, 2.75) is 46.7 Å². The molecule has 0 unspecified atom stereocenters. The number of carbonyl (C=O) groups excluding carboxylic acids is 1. The average molecular weight is 528 g/mol. The van der Waals surface area contributed by atoms with Crippen LogP contribution in [-0.4, -0.2) is 20.5 Å². The molecule has 5 aromatic rings. The van der Waals surface area contributed by atoms with Crippen molar-refractivity contribution in [3.63, 3.8) is 0 Å². The summed E-state index contributed by atoms with van der Waals surface area (Å²) in [4.78, 5) is 18.2. The minimum absolute atomic E-state index is 0.0490. The van der Waals surface area contributed by atoms with Crippen molar-refractivity contribution in [3.05, 3.63) is 112 Å². The van der Waals surface area contributed by atoms with Crippen LogP contribution in [0.15, 0.2) is 72.8 Å². The van der Waals surface area contributed by atoms with Gasteiger partial charge in [-0.1, -0.05) is 73.5 Å². The molecule has 39 heavy (non-hydrogen) atoms. The first-order chi connectivity index (χ1) is 18.5. The van der Waals surface area contributed by atoms with E-state index in [0.717, 1.165) is 16.7 Å². The van der Waals surface area contributed by atoms with Crippen molar-refractivity contribution in [3.8, 4) is 16.8 Å². The largest absolute Gasteiger partial charge is 0.434 e. The normalized spacial score (nSPS) is 11.9. The number of pyridine rings is 1. The first-order valence-electron chi connectivity index (χ1n) is 12.7. The van der Waals surface area contributed by atoms with Gasteiger partial charge in [0.05, 0.1) is 22.3 Å². The monoisotopic (exact) mass is 527 g/mol. The van der Waals surface area contributed by atoms with E-state index in [0.29, 0.717) is 22.3 Å². The van der Waals surface area contributed by atoms with Crippen molar-refractivity contribution in [2.24, 2.45) is 0 Å². The summed E-state index contributed by atoms with van der Waals surface area (Å²) in [6.45, 7) is 9.40. The lowest BCUT2D eigenvalue weighted by Crippen LogP contribution is -2.19. The van der Waals surface area contributed by atoms with E-state index in [9.17, 15) is 18.0 Å². The molecule has 2 heterocycles. The predicted molar refractivity (Wildman–Crippen MR) is 147 cm³/mol. The standard InChI is InChI=1S/C32H28F3N3O/c1-18(2)22-10-9-11-23(17-22)27-26-21(5)37-38(25-12-7-6-8-13-25)31(26)36-30(32(33,34)35)28(27)29(39)24-15-19(3)14-20(4)16-24/h6-18H,1-5H3. The van der Waals surface area contributed by atoms with Crippen LogP contribution in [0.5, 0.6) is 0 Å². The third-order valence-electron chi connectivity index (χ3n) is 6.81. The number of ketones is 1. The molecular formula is C32H28F3N3O. The van der Waals surface area contributed by atoms with Gasteiger partial charge in [-0.05, 0) is 62.1 Å². The summed E-state index contributed by atoms with van der Waals surface area (Å²) in [5, 5.41) is 5.02. The zero-order valence-electron chi connectivity index (χ0n) is 22.4. The molecule has 2 aromatic heterocycles. The molecule has 0 atom stereocenters. The van der Waals surface area contributed by atoms with Gasteiger partial charge in [-0.2, -0.15) is 18.3 Å². The van der Waals surface area contributed by atoms with Gasteiger partial charge in [0.25, 0.3) is 0 Å². The molecule has 0 aliphatic carbocycles. The van der Waals surface area contributed by atoms with Crippen LogP contribution in [0.2, 0.25) is 0 Å². The molecule has 0 amide bonds. The second kappa shape index (κ2) is 9.80. The Bertz CT molecular complexity index is 1700. The van der Waals surface area contributed by atoms with Gasteiger partial charge in [0.2, 0.25) is 0 Å². The molecule has 0 spiro atoms. The Morgan fingerprint density at radius 3 is 2.15 bits per heavy atom. The Hall–Kier alpha value is -4.26. The van der Waals surface area contributed by atoms with E-state index in [-0.39, 0.29) is 22.7 Å². The lowest BCUT2D eigenvalue weighted by atomic mass is 9.87. The fourth-order valence-corrected chi connectivity index (χ4v) is 5.08. The number of halogens is 3. The van der Waals surface area contributed by atoms with Crippen LogP contribution in [0.1, 0.15) is 63.8 Å². The molecule has 0 fully saturated rings. The SMILES string of the molecule is Cc1cc(C)cc(C(=O)c2c(C(F)(F)F)nc3c(c(C)nn3-c3ccccc3)c2-c2cccc(C(C)C)c2)c1. The smallest absolute Gasteiger partial charge is 0.289 e. The Balaban J connectivity index is 1.96. The summed E-state index contributed by atoms with van der Waals surface area (Å²) in [7, 11) is 0. The first kappa shape index (κ1) is 26.4. The van der Waals surface area contributed by atoms with Gasteiger partial charge < -0.3 is 0 Å². The number of para-hydroxylation sites is 1. The lowest BCUT2D eigenvalue weighted by Gasteiger charge is -2.19. The number of benzene rings is 3. The molecule has 0 aliphatic heterocycles. The fourth-order valence-electron chi connectivity index (χ4n) is 5.08. The second-order valence-electron chi connectivity index (χ2n) is 10.2. The van der Waals surface area contributed by atoms with Gasteiger partial charge in [-0.15, -0.1) is 0 Å². The van der Waals surface area contributed by atoms with Crippen LogP contribution in [-0.2, 0) is 6.18 Å². The number of hydrogen-bond acceptors (Lipinski definition) is 3. The minimum Gasteiger partial charge on any atom is -0.289 e. The molecule has 0 saturated carbocycles. The van der Waals surface area contributed by atoms with E-state index in [1.54, 1.807) is 49.4 Å². The number of aromatic nitrogens is 3. The van der Waals surface area contributed by atoms with Crippen LogP contribution in [0, 0.1) is 20.8 Å². The highest BCUT2D eigenvalue weighted by atomic mass is 19.4. The van der Waals surface area contributed by atoms with Gasteiger partial charge >= 0.3 is 6.18 Å². The highest BCUT2D eigenvalue weighted by Crippen LogP contribution is 2.42. The highest BCUT2D eigenvalue weighted by Gasteiger charge is 2.41. The number of aryl methyl sites for hydroxylation is 3. The lowest BCUT2D eigenvalue weighted by molar-refractivity contribution is -0.141. The summed E-state index contributed by atoms with van der Waals surface area (Å²) in [5.41, 5.74) is 2.85. The molecule has 0 N–H and O–H groups in total. The summed E-state index contributed by atoms with van der Waals surface area (Å²) in [6.07, 6.45) is -4.89. The maximum Gasteiger partial charge on any atom is 0.434 e. The molecule has 0 radical (unpaired) electrons. The van der Waals surface area contributed by atoms with Gasteiger partial charge in [0, 0.05) is 11.1 Å². The Labute approximate surface area is 225 Å². The van der Waals surface area contributed by atoms with Crippen LogP contribution >= 0.6 is 0 Å². The third kappa shape index (κ3) is 4.85. The van der Waals surface area contributed by atoms with Crippen molar-refractivity contribution in [1.82, 2.24) is 14.8 Å². The van der Waals surface area contributed by atoms with Gasteiger partial charge in [-0.25, -0.2) is 9.67 Å². The second-order valence-corrected chi connectivity index (χ2v) is 10.2. The molecule has 7 heteroatoms. The van der Waals surface area contributed by atoms with Crippen LogP contribution < -0.4 is 0 Å². The van der Waals surface area contributed by atoms with E-state index in [1.807, 2.05) is 58.0 Å². The van der Waals surface area contributed by atoms with E-state index < -0.39 is 23.2 Å². The zero-order valence-corrected chi connectivity index (χ0v) is 22.4. The van der Waals surface area contributed by atoms with Crippen molar-refractivity contribution in [2.75, 3.05) is 0 Å². The van der Waals surface area contributed by atoms with Gasteiger partial charge in [-0.3, -0.25) is 4.79 Å². The molecular weight excluding hydrogens is 499 g/mol. The summed E-state index contributed by atoms with van der Waals surface area (Å²) < 4.78 is 45.8. The molecule has 4 nitrogen and oxygen atoms in total. The van der Waals surface area contributed by atoms with Crippen LogP contribution in [0.3, 0.4) is 0 Å². The number of rotatable bonds is 5. The van der Waals surface area contributed by atoms with E-state index in [2.05, 4.69) is 10.1 Å². The van der Waals surface area contributed by atoms with Gasteiger partial charge in [0.15, 0.2) is 17.1 Å². The molecule has 0 saturated heterocycles. The van der Waals surface area contributed by atoms with E-state index >= 15 is 0 Å². The third-order valence-corrected chi connectivity index (χ3v) is 6.81. The van der Waals surface area contributed by atoms with Gasteiger partial charge in [0.1, 0.15) is 0 Å². The van der Waals surface area contributed by atoms with Crippen LogP contribution in [0.4, 0.5) is 13.2 Å².